The molecule has 2 N–H and O–H groups in total. The van der Waals surface area contributed by atoms with Crippen LogP contribution in [0, 0.1) is 0 Å². The summed E-state index contributed by atoms with van der Waals surface area (Å²) in [6.45, 7) is -0.0895. The highest BCUT2D eigenvalue weighted by Crippen LogP contribution is 2.20. The van der Waals surface area contributed by atoms with Crippen molar-refractivity contribution in [3.63, 3.8) is 0 Å². The van der Waals surface area contributed by atoms with E-state index in [1.54, 1.807) is 46.1 Å². The van der Waals surface area contributed by atoms with Crippen LogP contribution in [0.1, 0.15) is 0 Å². The molecule has 0 bridgehead atoms. The van der Waals surface area contributed by atoms with Crippen LogP contribution >= 0.6 is 0 Å². The summed E-state index contributed by atoms with van der Waals surface area (Å²) in [6.07, 6.45) is 5.16. The van der Waals surface area contributed by atoms with Gasteiger partial charge in [0.15, 0.2) is 6.54 Å². The molecule has 0 radical (unpaired) electrons. The number of anilines is 1. The Morgan fingerprint density at radius 2 is 1.93 bits per heavy atom. The first-order valence-corrected chi connectivity index (χ1v) is 9.54. The maximum absolute atomic E-state index is 12.8. The molecule has 0 aliphatic carbocycles. The van der Waals surface area contributed by atoms with Crippen LogP contribution in [0.25, 0.3) is 0 Å². The Kier molecular flexibility index (Phi) is 5.24. The van der Waals surface area contributed by atoms with Crippen LogP contribution in [0.4, 0.5) is 5.69 Å². The van der Waals surface area contributed by atoms with Crippen molar-refractivity contribution >= 4 is 21.6 Å². The third-order valence-corrected chi connectivity index (χ3v) is 5.06. The fourth-order valence-corrected chi connectivity index (χ4v) is 3.54. The van der Waals surface area contributed by atoms with Crippen molar-refractivity contribution in [3.05, 3.63) is 73.3 Å². The van der Waals surface area contributed by atoms with E-state index in [0.29, 0.717) is 0 Å². The molecule has 3 rings (SSSR count). The van der Waals surface area contributed by atoms with Gasteiger partial charge in [-0.25, -0.2) is 22.6 Å². The van der Waals surface area contributed by atoms with Crippen LogP contribution in [0.3, 0.4) is 0 Å². The van der Waals surface area contributed by atoms with Gasteiger partial charge in [-0.2, -0.15) is 0 Å². The third kappa shape index (κ3) is 4.52. The van der Waals surface area contributed by atoms with Crippen LogP contribution < -0.4 is 14.4 Å². The topological polar surface area (TPSA) is 95.5 Å². The van der Waals surface area contributed by atoms with Crippen molar-refractivity contribution in [3.8, 4) is 5.75 Å². The van der Waals surface area contributed by atoms with E-state index in [9.17, 15) is 18.3 Å². The quantitative estimate of drug-likeness (QED) is 0.486. The Labute approximate surface area is 156 Å². The number of nitrogens with one attached hydrogen (secondary N) is 1. The summed E-state index contributed by atoms with van der Waals surface area (Å²) in [4.78, 5) is 15.2. The maximum atomic E-state index is 12.8. The standard InChI is InChI=1S/C18H18N4O4S/c1-20-10-11-21(14-20)13-18(24)22(15-6-5-7-16(23)12-15)19-27(25,26)17-8-3-2-4-9-17/h2-12,14,19H,13H2,1H3/p+1. The van der Waals surface area contributed by atoms with Crippen LogP contribution in [-0.2, 0) is 28.4 Å². The molecule has 0 saturated carbocycles. The Balaban J connectivity index is 1.93. The minimum absolute atomic E-state index is 0.0234. The average Bonchev–Trinajstić information content (AvgIpc) is 3.05. The lowest BCUT2D eigenvalue weighted by Crippen LogP contribution is -2.47. The smallest absolute Gasteiger partial charge is 0.284 e. The first kappa shape index (κ1) is 18.6. The first-order valence-electron chi connectivity index (χ1n) is 8.06. The Morgan fingerprint density at radius 3 is 2.56 bits per heavy atom. The van der Waals surface area contributed by atoms with Gasteiger partial charge < -0.3 is 5.11 Å². The van der Waals surface area contributed by atoms with Gasteiger partial charge in [0.25, 0.3) is 15.9 Å². The summed E-state index contributed by atoms with van der Waals surface area (Å²) in [5.74, 6) is -0.604. The molecule has 1 heterocycles. The van der Waals surface area contributed by atoms with Gasteiger partial charge >= 0.3 is 0 Å². The van der Waals surface area contributed by atoms with Crippen molar-refractivity contribution in [1.82, 2.24) is 9.40 Å². The minimum atomic E-state index is -3.99. The Hall–Kier alpha value is -3.17. The monoisotopic (exact) mass is 387 g/mol. The lowest BCUT2D eigenvalue weighted by molar-refractivity contribution is -0.671. The van der Waals surface area contributed by atoms with Crippen LogP contribution in [0.5, 0.6) is 5.75 Å². The molecule has 0 fully saturated rings. The number of rotatable bonds is 6. The number of hydrogen-bond donors (Lipinski definition) is 2. The molecule has 0 spiro atoms. The van der Waals surface area contributed by atoms with E-state index in [4.69, 9.17) is 0 Å². The molecule has 0 unspecified atom stereocenters. The lowest BCUT2D eigenvalue weighted by Gasteiger charge is -2.22. The fraction of sp³-hybridized carbons (Fsp3) is 0.111. The zero-order valence-electron chi connectivity index (χ0n) is 14.6. The summed E-state index contributed by atoms with van der Waals surface area (Å²) in [5.41, 5.74) is 0.205. The second-order valence-corrected chi connectivity index (χ2v) is 7.57. The van der Waals surface area contributed by atoms with Crippen molar-refractivity contribution in [2.24, 2.45) is 7.05 Å². The normalized spacial score (nSPS) is 11.3. The maximum Gasteiger partial charge on any atom is 0.284 e. The average molecular weight is 387 g/mol. The highest BCUT2D eigenvalue weighted by Gasteiger charge is 2.25. The molecule has 27 heavy (non-hydrogen) atoms. The fourth-order valence-electron chi connectivity index (χ4n) is 2.47. The SMILES string of the molecule is C[n+]1ccn(CC(=O)N(NS(=O)(=O)c2ccccc2)c2cccc(O)c2)c1. The van der Waals surface area contributed by atoms with Crippen LogP contribution in [0.2, 0.25) is 0 Å². The van der Waals surface area contributed by atoms with Crippen molar-refractivity contribution in [2.75, 3.05) is 5.01 Å². The number of nitrogens with zero attached hydrogens (tertiary/aromatic N) is 3. The van der Waals surface area contributed by atoms with Crippen molar-refractivity contribution < 1.29 is 22.9 Å². The van der Waals surface area contributed by atoms with Gasteiger partial charge in [-0.15, -0.1) is 4.83 Å². The molecule has 3 aromatic rings. The predicted octanol–water partition coefficient (Wildman–Crippen LogP) is 0.945. The lowest BCUT2D eigenvalue weighted by atomic mass is 10.3. The number of hydrogen-bond acceptors (Lipinski definition) is 4. The van der Waals surface area contributed by atoms with Gasteiger partial charge in [-0.1, -0.05) is 24.3 Å². The molecule has 0 aliphatic heterocycles. The number of aromatic nitrogens is 2. The molecular weight excluding hydrogens is 368 g/mol. The van der Waals surface area contributed by atoms with Crippen molar-refractivity contribution in [1.29, 1.82) is 0 Å². The Morgan fingerprint density at radius 1 is 1.19 bits per heavy atom. The summed E-state index contributed by atoms with van der Waals surface area (Å²) in [7, 11) is -2.18. The molecule has 0 saturated heterocycles. The number of carbonyl (C=O) groups is 1. The summed E-state index contributed by atoms with van der Waals surface area (Å²) in [6, 6.07) is 13.5. The van der Waals surface area contributed by atoms with Crippen LogP contribution in [0.15, 0.2) is 78.2 Å². The number of phenols is 1. The van der Waals surface area contributed by atoms with Crippen molar-refractivity contribution in [2.45, 2.75) is 11.4 Å². The second kappa shape index (κ2) is 7.60. The van der Waals surface area contributed by atoms with Crippen LogP contribution in [-0.4, -0.2) is 24.0 Å². The summed E-state index contributed by atoms with van der Waals surface area (Å²) < 4.78 is 28.8. The molecule has 0 atom stereocenters. The molecular formula is C18H19N4O4S+. The molecule has 8 nitrogen and oxygen atoms in total. The summed E-state index contributed by atoms with van der Waals surface area (Å²) in [5, 5.41) is 10.6. The Bertz CT molecular complexity index is 1050. The number of benzene rings is 2. The number of imidazole rings is 1. The molecule has 140 valence electrons. The van der Waals surface area contributed by atoms with E-state index in [-0.39, 0.29) is 22.9 Å². The first-order chi connectivity index (χ1) is 12.8. The molecule has 2 aromatic carbocycles. The van der Waals surface area contributed by atoms with Gasteiger partial charge in [0.05, 0.1) is 17.6 Å². The second-order valence-electron chi connectivity index (χ2n) is 5.91. The predicted molar refractivity (Wildman–Crippen MR) is 98.0 cm³/mol. The van der Waals surface area contributed by atoms with Gasteiger partial charge in [0.2, 0.25) is 6.33 Å². The van der Waals surface area contributed by atoms with Gasteiger partial charge in [0.1, 0.15) is 18.1 Å². The van der Waals surface area contributed by atoms with E-state index in [2.05, 4.69) is 4.83 Å². The summed E-state index contributed by atoms with van der Waals surface area (Å²) >= 11 is 0. The highest BCUT2D eigenvalue weighted by atomic mass is 32.2. The molecule has 0 aliphatic rings. The molecule has 9 heteroatoms. The molecule has 1 aromatic heterocycles. The van der Waals surface area contributed by atoms with E-state index < -0.39 is 15.9 Å². The van der Waals surface area contributed by atoms with Gasteiger partial charge in [0, 0.05) is 6.07 Å². The van der Waals surface area contributed by atoms with E-state index >= 15 is 0 Å². The number of carbonyl (C=O) groups excluding carboxylic acids is 1. The van der Waals surface area contributed by atoms with Gasteiger partial charge in [-0.3, -0.25) is 4.79 Å². The van der Waals surface area contributed by atoms with E-state index in [1.807, 2.05) is 7.05 Å². The number of amides is 1. The van der Waals surface area contributed by atoms with E-state index in [0.717, 1.165) is 5.01 Å². The highest BCUT2D eigenvalue weighted by molar-refractivity contribution is 7.89. The largest absolute Gasteiger partial charge is 0.508 e. The number of sulfonamides is 1. The van der Waals surface area contributed by atoms with Gasteiger partial charge in [-0.05, 0) is 24.3 Å². The number of phenolic OH excluding ortho intramolecular Hbond substituents is 1. The zero-order chi connectivity index (χ0) is 19.4. The minimum Gasteiger partial charge on any atom is -0.508 e. The molecule has 1 amide bonds. The van der Waals surface area contributed by atoms with E-state index in [1.165, 1.54) is 36.4 Å². The third-order valence-electron chi connectivity index (χ3n) is 3.74. The zero-order valence-corrected chi connectivity index (χ0v) is 15.4. The number of hydrazine groups is 1. The number of aromatic hydroxyl groups is 1. The number of aryl methyl sites for hydroxylation is 1.